The first-order valence-electron chi connectivity index (χ1n) is 5.53. The van der Waals surface area contributed by atoms with Gasteiger partial charge < -0.3 is 9.84 Å². The normalized spacial score (nSPS) is 27.4. The molecule has 0 saturated carbocycles. The van der Waals surface area contributed by atoms with E-state index >= 15 is 0 Å². The Balaban J connectivity index is 0.000000722. The van der Waals surface area contributed by atoms with Gasteiger partial charge >= 0.3 is 0 Å². The SMILES string of the molecule is Cc1nc(CN2CC3CNCC3C2)no1.Cl.Cl. The highest BCUT2D eigenvalue weighted by molar-refractivity contribution is 5.85. The van der Waals surface area contributed by atoms with Crippen LogP contribution in [0, 0.1) is 18.8 Å². The Morgan fingerprint density at radius 3 is 2.47 bits per heavy atom. The summed E-state index contributed by atoms with van der Waals surface area (Å²) in [5.41, 5.74) is 0. The highest BCUT2D eigenvalue weighted by Crippen LogP contribution is 2.26. The molecule has 0 bridgehead atoms. The van der Waals surface area contributed by atoms with Crippen LogP contribution < -0.4 is 5.32 Å². The van der Waals surface area contributed by atoms with Crippen molar-refractivity contribution in [3.8, 4) is 0 Å². The lowest BCUT2D eigenvalue weighted by Gasteiger charge is -2.13. The maximum Gasteiger partial charge on any atom is 0.223 e. The number of likely N-dealkylation sites (tertiary alicyclic amines) is 1. The van der Waals surface area contributed by atoms with Gasteiger partial charge in [0.25, 0.3) is 0 Å². The Morgan fingerprint density at radius 2 is 1.94 bits per heavy atom. The van der Waals surface area contributed by atoms with Crippen molar-refractivity contribution in [3.05, 3.63) is 11.7 Å². The average Bonchev–Trinajstić information content (AvgIpc) is 2.81. The fourth-order valence-electron chi connectivity index (χ4n) is 2.69. The van der Waals surface area contributed by atoms with E-state index in [2.05, 4.69) is 20.4 Å². The fourth-order valence-corrected chi connectivity index (χ4v) is 2.69. The molecule has 1 aromatic rings. The Hall–Kier alpha value is -0.360. The van der Waals surface area contributed by atoms with Crippen LogP contribution in [0.5, 0.6) is 0 Å². The largest absolute Gasteiger partial charge is 0.340 e. The Labute approximate surface area is 113 Å². The minimum Gasteiger partial charge on any atom is -0.340 e. The lowest BCUT2D eigenvalue weighted by molar-refractivity contribution is 0.290. The molecule has 2 atom stereocenters. The number of nitrogens with zero attached hydrogens (tertiary/aromatic N) is 3. The monoisotopic (exact) mass is 280 g/mol. The smallest absolute Gasteiger partial charge is 0.223 e. The van der Waals surface area contributed by atoms with Crippen molar-refractivity contribution < 1.29 is 4.52 Å². The summed E-state index contributed by atoms with van der Waals surface area (Å²) in [6.45, 7) is 7.36. The van der Waals surface area contributed by atoms with Crippen molar-refractivity contribution in [3.63, 3.8) is 0 Å². The van der Waals surface area contributed by atoms with E-state index in [0.717, 1.165) is 24.2 Å². The zero-order chi connectivity index (χ0) is 10.3. The van der Waals surface area contributed by atoms with E-state index in [1.54, 1.807) is 0 Å². The summed E-state index contributed by atoms with van der Waals surface area (Å²) in [4.78, 5) is 6.66. The molecule has 0 spiro atoms. The van der Waals surface area contributed by atoms with Crippen LogP contribution in [-0.2, 0) is 6.54 Å². The van der Waals surface area contributed by atoms with E-state index in [4.69, 9.17) is 4.52 Å². The van der Waals surface area contributed by atoms with Gasteiger partial charge in [0.05, 0.1) is 6.54 Å². The van der Waals surface area contributed by atoms with Gasteiger partial charge in [0.1, 0.15) is 0 Å². The number of rotatable bonds is 2. The zero-order valence-electron chi connectivity index (χ0n) is 9.76. The standard InChI is InChI=1S/C10H16N4O.2ClH/c1-7-12-10(13-15-7)6-14-4-8-2-11-3-9(8)5-14;;/h8-9,11H,2-6H2,1H3;2*1H. The number of hydrogen-bond acceptors (Lipinski definition) is 5. The molecular formula is C10H18Cl2N4O. The van der Waals surface area contributed by atoms with Crippen LogP contribution >= 0.6 is 24.8 Å². The fraction of sp³-hybridized carbons (Fsp3) is 0.800. The van der Waals surface area contributed by atoms with Gasteiger partial charge in [-0.25, -0.2) is 0 Å². The minimum atomic E-state index is 0. The van der Waals surface area contributed by atoms with E-state index in [9.17, 15) is 0 Å². The van der Waals surface area contributed by atoms with E-state index in [1.807, 2.05) is 6.92 Å². The molecule has 0 amide bonds. The second-order valence-corrected chi connectivity index (χ2v) is 4.60. The molecule has 2 unspecified atom stereocenters. The third-order valence-corrected chi connectivity index (χ3v) is 3.40. The predicted octanol–water partition coefficient (Wildman–Crippen LogP) is 0.873. The summed E-state index contributed by atoms with van der Waals surface area (Å²) in [7, 11) is 0. The molecule has 3 heterocycles. The van der Waals surface area contributed by atoms with Crippen molar-refractivity contribution >= 4 is 24.8 Å². The summed E-state index contributed by atoms with van der Waals surface area (Å²) >= 11 is 0. The summed E-state index contributed by atoms with van der Waals surface area (Å²) in [6, 6.07) is 0. The molecule has 0 aliphatic carbocycles. The van der Waals surface area contributed by atoms with Gasteiger partial charge in [-0.2, -0.15) is 4.98 Å². The van der Waals surface area contributed by atoms with Crippen LogP contribution in [0.4, 0.5) is 0 Å². The number of halogens is 2. The first-order chi connectivity index (χ1) is 7.31. The van der Waals surface area contributed by atoms with Crippen LogP contribution in [0.2, 0.25) is 0 Å². The molecule has 17 heavy (non-hydrogen) atoms. The lowest BCUT2D eigenvalue weighted by atomic mass is 10.0. The van der Waals surface area contributed by atoms with Crippen molar-refractivity contribution in [1.82, 2.24) is 20.4 Å². The van der Waals surface area contributed by atoms with Gasteiger partial charge in [0.2, 0.25) is 5.89 Å². The molecule has 5 nitrogen and oxygen atoms in total. The molecule has 7 heteroatoms. The lowest BCUT2D eigenvalue weighted by Crippen LogP contribution is -2.25. The highest BCUT2D eigenvalue weighted by atomic mass is 35.5. The predicted molar refractivity (Wildman–Crippen MR) is 68.7 cm³/mol. The summed E-state index contributed by atoms with van der Waals surface area (Å²) in [5.74, 6) is 3.14. The number of hydrogen-bond donors (Lipinski definition) is 1. The van der Waals surface area contributed by atoms with Crippen LogP contribution in [0.25, 0.3) is 0 Å². The molecule has 0 radical (unpaired) electrons. The molecular weight excluding hydrogens is 263 g/mol. The summed E-state index contributed by atoms with van der Waals surface area (Å²) in [6.07, 6.45) is 0. The van der Waals surface area contributed by atoms with E-state index in [0.29, 0.717) is 5.89 Å². The highest BCUT2D eigenvalue weighted by Gasteiger charge is 2.36. The van der Waals surface area contributed by atoms with Gasteiger partial charge in [0, 0.05) is 20.0 Å². The third-order valence-electron chi connectivity index (χ3n) is 3.40. The van der Waals surface area contributed by atoms with Gasteiger partial charge in [0.15, 0.2) is 5.82 Å². The number of aromatic nitrogens is 2. The van der Waals surface area contributed by atoms with Crippen LogP contribution in [0.15, 0.2) is 4.52 Å². The molecule has 3 rings (SSSR count). The number of aryl methyl sites for hydroxylation is 1. The van der Waals surface area contributed by atoms with Crippen molar-refractivity contribution in [2.45, 2.75) is 13.5 Å². The van der Waals surface area contributed by atoms with Crippen LogP contribution in [-0.4, -0.2) is 41.2 Å². The maximum absolute atomic E-state index is 4.97. The van der Waals surface area contributed by atoms with Gasteiger partial charge in [-0.1, -0.05) is 5.16 Å². The molecule has 98 valence electrons. The van der Waals surface area contributed by atoms with Gasteiger partial charge in [-0.15, -0.1) is 24.8 Å². The molecule has 1 aromatic heterocycles. The summed E-state index contributed by atoms with van der Waals surface area (Å²) < 4.78 is 4.97. The third kappa shape index (κ3) is 3.10. The molecule has 2 saturated heterocycles. The average molecular weight is 281 g/mol. The first kappa shape index (κ1) is 14.7. The Morgan fingerprint density at radius 1 is 1.29 bits per heavy atom. The van der Waals surface area contributed by atoms with E-state index in [-0.39, 0.29) is 24.8 Å². The molecule has 2 fully saturated rings. The molecule has 1 N–H and O–H groups in total. The second kappa shape index (κ2) is 6.00. The van der Waals surface area contributed by atoms with Gasteiger partial charge in [-0.3, -0.25) is 4.90 Å². The molecule has 2 aliphatic rings. The second-order valence-electron chi connectivity index (χ2n) is 4.60. The quantitative estimate of drug-likeness (QED) is 0.872. The molecule has 2 aliphatic heterocycles. The van der Waals surface area contributed by atoms with Crippen molar-refractivity contribution in [2.24, 2.45) is 11.8 Å². The van der Waals surface area contributed by atoms with E-state index < -0.39 is 0 Å². The summed E-state index contributed by atoms with van der Waals surface area (Å²) in [5, 5.41) is 7.37. The van der Waals surface area contributed by atoms with Crippen LogP contribution in [0.1, 0.15) is 11.7 Å². The van der Waals surface area contributed by atoms with Gasteiger partial charge in [-0.05, 0) is 24.9 Å². The maximum atomic E-state index is 4.97. The minimum absolute atomic E-state index is 0. The topological polar surface area (TPSA) is 54.2 Å². The van der Waals surface area contributed by atoms with E-state index in [1.165, 1.54) is 26.2 Å². The number of nitrogens with one attached hydrogen (secondary N) is 1. The first-order valence-corrected chi connectivity index (χ1v) is 5.53. The van der Waals surface area contributed by atoms with Crippen LogP contribution in [0.3, 0.4) is 0 Å². The zero-order valence-corrected chi connectivity index (χ0v) is 11.4. The Kier molecular flexibility index (Phi) is 5.19. The van der Waals surface area contributed by atoms with Crippen molar-refractivity contribution in [2.75, 3.05) is 26.2 Å². The Bertz CT molecular complexity index is 348. The molecule has 0 aromatic carbocycles. The number of fused-ring (bicyclic) bond motifs is 1. The van der Waals surface area contributed by atoms with Crippen molar-refractivity contribution in [1.29, 1.82) is 0 Å².